The van der Waals surface area contributed by atoms with Crippen LogP contribution in [0.25, 0.3) is 0 Å². The van der Waals surface area contributed by atoms with Gasteiger partial charge in [0.05, 0.1) is 6.54 Å². The molecule has 1 rings (SSSR count). The molecule has 0 unspecified atom stereocenters. The Labute approximate surface area is 88.5 Å². The Hall–Kier alpha value is -1.33. The fourth-order valence-electron chi connectivity index (χ4n) is 1.28. The van der Waals surface area contributed by atoms with Gasteiger partial charge in [-0.3, -0.25) is 4.90 Å². The average Bonchev–Trinajstić information content (AvgIpc) is 2.63. The zero-order valence-electron chi connectivity index (χ0n) is 8.77. The highest BCUT2D eigenvalue weighted by Gasteiger charge is 2.09. The molecule has 1 heterocycles. The molecule has 1 aromatic heterocycles. The SMILES string of the molecule is CN(CCCN)Cc1ccc(C(=O)O)o1. The molecule has 0 aliphatic carbocycles. The van der Waals surface area contributed by atoms with Crippen molar-refractivity contribution in [3.63, 3.8) is 0 Å². The first-order valence-corrected chi connectivity index (χ1v) is 4.84. The van der Waals surface area contributed by atoms with Gasteiger partial charge in [-0.1, -0.05) is 0 Å². The lowest BCUT2D eigenvalue weighted by atomic mass is 10.3. The fraction of sp³-hybridized carbons (Fsp3) is 0.500. The van der Waals surface area contributed by atoms with Crippen molar-refractivity contribution in [1.82, 2.24) is 4.90 Å². The van der Waals surface area contributed by atoms with Crippen LogP contribution in [0.2, 0.25) is 0 Å². The Bertz CT molecular complexity index is 322. The summed E-state index contributed by atoms with van der Waals surface area (Å²) in [5.74, 6) is -0.394. The van der Waals surface area contributed by atoms with Crippen LogP contribution in [0.5, 0.6) is 0 Å². The second kappa shape index (κ2) is 5.53. The summed E-state index contributed by atoms with van der Waals surface area (Å²) in [7, 11) is 1.94. The molecule has 3 N–H and O–H groups in total. The van der Waals surface area contributed by atoms with Gasteiger partial charge in [0.2, 0.25) is 5.76 Å². The third-order valence-electron chi connectivity index (χ3n) is 2.04. The topological polar surface area (TPSA) is 79.7 Å². The van der Waals surface area contributed by atoms with E-state index in [1.54, 1.807) is 6.07 Å². The molecule has 0 aromatic carbocycles. The van der Waals surface area contributed by atoms with Gasteiger partial charge in [0.25, 0.3) is 0 Å². The minimum Gasteiger partial charge on any atom is -0.475 e. The first-order valence-electron chi connectivity index (χ1n) is 4.84. The Morgan fingerprint density at radius 3 is 2.87 bits per heavy atom. The highest BCUT2D eigenvalue weighted by atomic mass is 16.4. The second-order valence-electron chi connectivity index (χ2n) is 3.45. The monoisotopic (exact) mass is 212 g/mol. The van der Waals surface area contributed by atoms with Crippen molar-refractivity contribution in [3.8, 4) is 0 Å². The van der Waals surface area contributed by atoms with Crippen LogP contribution in [-0.4, -0.2) is 36.1 Å². The molecule has 1 aromatic rings. The molecule has 0 radical (unpaired) electrons. The lowest BCUT2D eigenvalue weighted by molar-refractivity contribution is 0.0658. The van der Waals surface area contributed by atoms with E-state index in [2.05, 4.69) is 0 Å². The van der Waals surface area contributed by atoms with Crippen LogP contribution in [0.1, 0.15) is 22.7 Å². The molecule has 0 amide bonds. The van der Waals surface area contributed by atoms with Gasteiger partial charge in [-0.05, 0) is 38.7 Å². The van der Waals surface area contributed by atoms with Crippen LogP contribution < -0.4 is 5.73 Å². The molecule has 0 saturated heterocycles. The van der Waals surface area contributed by atoms with Crippen molar-refractivity contribution in [3.05, 3.63) is 23.7 Å². The number of aromatic carboxylic acids is 1. The number of carbonyl (C=O) groups is 1. The zero-order chi connectivity index (χ0) is 11.3. The maximum Gasteiger partial charge on any atom is 0.371 e. The van der Waals surface area contributed by atoms with Crippen LogP contribution in [0.3, 0.4) is 0 Å². The van der Waals surface area contributed by atoms with E-state index in [0.29, 0.717) is 18.8 Å². The van der Waals surface area contributed by atoms with E-state index in [4.69, 9.17) is 15.3 Å². The van der Waals surface area contributed by atoms with E-state index in [1.807, 2.05) is 11.9 Å². The third-order valence-corrected chi connectivity index (χ3v) is 2.04. The van der Waals surface area contributed by atoms with E-state index in [9.17, 15) is 4.79 Å². The van der Waals surface area contributed by atoms with Crippen molar-refractivity contribution < 1.29 is 14.3 Å². The van der Waals surface area contributed by atoms with Gasteiger partial charge in [-0.15, -0.1) is 0 Å². The van der Waals surface area contributed by atoms with E-state index < -0.39 is 5.97 Å². The standard InChI is InChI=1S/C10H16N2O3/c1-12(6-2-5-11)7-8-3-4-9(15-8)10(13)14/h3-4H,2,5-7,11H2,1H3,(H,13,14). The van der Waals surface area contributed by atoms with E-state index >= 15 is 0 Å². The lowest BCUT2D eigenvalue weighted by Crippen LogP contribution is -2.21. The Kier molecular flexibility index (Phi) is 4.33. The second-order valence-corrected chi connectivity index (χ2v) is 3.45. The average molecular weight is 212 g/mol. The largest absolute Gasteiger partial charge is 0.475 e. The lowest BCUT2D eigenvalue weighted by Gasteiger charge is -2.13. The summed E-state index contributed by atoms with van der Waals surface area (Å²) in [6.07, 6.45) is 0.920. The molecule has 84 valence electrons. The fourth-order valence-corrected chi connectivity index (χ4v) is 1.28. The first kappa shape index (κ1) is 11.7. The van der Waals surface area contributed by atoms with Crippen LogP contribution >= 0.6 is 0 Å². The minimum absolute atomic E-state index is 0.0165. The molecule has 15 heavy (non-hydrogen) atoms. The normalized spacial score (nSPS) is 10.9. The van der Waals surface area contributed by atoms with E-state index in [0.717, 1.165) is 13.0 Å². The number of nitrogens with two attached hydrogens (primary N) is 1. The molecule has 0 aliphatic heterocycles. The number of furan rings is 1. The zero-order valence-corrected chi connectivity index (χ0v) is 8.77. The predicted molar refractivity (Wildman–Crippen MR) is 55.7 cm³/mol. The molecule has 0 bridgehead atoms. The number of hydrogen-bond acceptors (Lipinski definition) is 4. The smallest absolute Gasteiger partial charge is 0.371 e. The number of carboxylic acids is 1. The van der Waals surface area contributed by atoms with Crippen molar-refractivity contribution in [2.24, 2.45) is 5.73 Å². The number of nitrogens with zero attached hydrogens (tertiary/aromatic N) is 1. The van der Waals surface area contributed by atoms with Gasteiger partial charge in [-0.25, -0.2) is 4.79 Å². The summed E-state index contributed by atoms with van der Waals surface area (Å²) in [6.45, 7) is 2.13. The Balaban J connectivity index is 2.46. The summed E-state index contributed by atoms with van der Waals surface area (Å²) in [4.78, 5) is 12.6. The summed E-state index contributed by atoms with van der Waals surface area (Å²) < 4.78 is 5.12. The molecule has 0 fully saturated rings. The van der Waals surface area contributed by atoms with Crippen molar-refractivity contribution >= 4 is 5.97 Å². The van der Waals surface area contributed by atoms with Gasteiger partial charge < -0.3 is 15.3 Å². The van der Waals surface area contributed by atoms with Crippen molar-refractivity contribution in [2.45, 2.75) is 13.0 Å². The third kappa shape index (κ3) is 3.73. The van der Waals surface area contributed by atoms with Gasteiger partial charge >= 0.3 is 5.97 Å². The van der Waals surface area contributed by atoms with Crippen LogP contribution in [0.4, 0.5) is 0 Å². The highest BCUT2D eigenvalue weighted by molar-refractivity contribution is 5.84. The van der Waals surface area contributed by atoms with Crippen LogP contribution in [0, 0.1) is 0 Å². The summed E-state index contributed by atoms with van der Waals surface area (Å²) in [5.41, 5.74) is 5.39. The van der Waals surface area contributed by atoms with E-state index in [1.165, 1.54) is 6.07 Å². The van der Waals surface area contributed by atoms with Crippen molar-refractivity contribution in [1.29, 1.82) is 0 Å². The van der Waals surface area contributed by atoms with Gasteiger partial charge in [0.15, 0.2) is 0 Å². The number of rotatable bonds is 6. The Morgan fingerprint density at radius 1 is 1.60 bits per heavy atom. The molecule has 0 spiro atoms. The maximum absolute atomic E-state index is 10.5. The quantitative estimate of drug-likeness (QED) is 0.727. The molecule has 0 saturated carbocycles. The van der Waals surface area contributed by atoms with Gasteiger partial charge in [0.1, 0.15) is 5.76 Å². The molecule has 5 heteroatoms. The van der Waals surface area contributed by atoms with E-state index in [-0.39, 0.29) is 5.76 Å². The first-order chi connectivity index (χ1) is 7.13. The minimum atomic E-state index is -1.04. The molecule has 0 atom stereocenters. The van der Waals surface area contributed by atoms with Gasteiger partial charge in [-0.2, -0.15) is 0 Å². The predicted octanol–water partition coefficient (Wildman–Crippen LogP) is 0.758. The Morgan fingerprint density at radius 2 is 2.33 bits per heavy atom. The van der Waals surface area contributed by atoms with Crippen molar-refractivity contribution in [2.75, 3.05) is 20.1 Å². The maximum atomic E-state index is 10.5. The number of carboxylic acid groups (broad SMARTS) is 1. The molecular weight excluding hydrogens is 196 g/mol. The molecular formula is C10H16N2O3. The number of hydrogen-bond donors (Lipinski definition) is 2. The summed E-state index contributed by atoms with van der Waals surface area (Å²) in [5, 5.41) is 8.65. The molecule has 0 aliphatic rings. The molecule has 5 nitrogen and oxygen atoms in total. The van der Waals surface area contributed by atoms with Crippen LogP contribution in [-0.2, 0) is 6.54 Å². The summed E-state index contributed by atoms with van der Waals surface area (Å²) >= 11 is 0. The highest BCUT2D eigenvalue weighted by Crippen LogP contribution is 2.09. The van der Waals surface area contributed by atoms with Crippen LogP contribution in [0.15, 0.2) is 16.5 Å². The van der Waals surface area contributed by atoms with Gasteiger partial charge in [0, 0.05) is 0 Å². The summed E-state index contributed by atoms with van der Waals surface area (Å²) in [6, 6.07) is 3.15.